The summed E-state index contributed by atoms with van der Waals surface area (Å²) in [7, 11) is 0. The van der Waals surface area contributed by atoms with E-state index in [2.05, 4.69) is 16.0 Å². The number of carbonyl (C=O) groups is 5. The molecule has 0 heterocycles. The monoisotopic (exact) mass is 436 g/mol. The fraction of sp³-hybridized carbons (Fsp3) is 0.688. The maximum atomic E-state index is 12.2. The first-order valence-corrected chi connectivity index (χ1v) is 10.1. The van der Waals surface area contributed by atoms with E-state index in [-0.39, 0.29) is 6.42 Å². The first-order valence-electron chi connectivity index (χ1n) is 8.74. The van der Waals surface area contributed by atoms with Crippen molar-refractivity contribution in [3.8, 4) is 0 Å². The minimum atomic E-state index is -1.43. The van der Waals surface area contributed by atoms with Crippen molar-refractivity contribution in [1.29, 1.82) is 0 Å². The number of nitrogens with two attached hydrogens (primary N) is 1. The Balaban J connectivity index is 4.70. The van der Waals surface area contributed by atoms with Crippen LogP contribution in [-0.2, 0) is 24.0 Å². The molecule has 4 unspecified atom stereocenters. The van der Waals surface area contributed by atoms with Gasteiger partial charge in [-0.3, -0.25) is 19.2 Å². The number of amides is 3. The summed E-state index contributed by atoms with van der Waals surface area (Å²) in [5.74, 6) is -4.37. The highest BCUT2D eigenvalue weighted by atomic mass is 32.2. The normalized spacial score (nSPS) is 14.8. The highest BCUT2D eigenvalue weighted by Crippen LogP contribution is 2.01. The summed E-state index contributed by atoms with van der Waals surface area (Å²) in [4.78, 5) is 57.6. The third kappa shape index (κ3) is 11.3. The van der Waals surface area contributed by atoms with E-state index < -0.39 is 66.9 Å². The van der Waals surface area contributed by atoms with Gasteiger partial charge in [-0.05, 0) is 31.8 Å². The van der Waals surface area contributed by atoms with Gasteiger partial charge in [0.25, 0.3) is 0 Å². The Morgan fingerprint density at radius 2 is 1.66 bits per heavy atom. The zero-order chi connectivity index (χ0) is 22.6. The Morgan fingerprint density at radius 1 is 1.03 bits per heavy atom. The van der Waals surface area contributed by atoms with E-state index in [1.54, 1.807) is 0 Å². The molecule has 0 bridgehead atoms. The topological polar surface area (TPSA) is 208 Å². The number of thioether (sulfide) groups is 1. The summed E-state index contributed by atoms with van der Waals surface area (Å²) in [6.45, 7) is 0.637. The number of nitrogens with one attached hydrogen (secondary N) is 3. The number of rotatable bonds is 14. The van der Waals surface area contributed by atoms with E-state index in [0.29, 0.717) is 12.2 Å². The van der Waals surface area contributed by atoms with Crippen molar-refractivity contribution in [3.63, 3.8) is 0 Å². The third-order valence-corrected chi connectivity index (χ3v) is 4.38. The number of aliphatic carboxylic acids is 2. The molecule has 29 heavy (non-hydrogen) atoms. The zero-order valence-electron chi connectivity index (χ0n) is 16.2. The van der Waals surface area contributed by atoms with Crippen LogP contribution in [0.25, 0.3) is 0 Å². The summed E-state index contributed by atoms with van der Waals surface area (Å²) in [5, 5.41) is 33.9. The third-order valence-electron chi connectivity index (χ3n) is 3.74. The van der Waals surface area contributed by atoms with E-state index in [1.165, 1.54) is 18.7 Å². The molecule has 12 nitrogen and oxygen atoms in total. The van der Waals surface area contributed by atoms with Crippen LogP contribution in [0.5, 0.6) is 0 Å². The largest absolute Gasteiger partial charge is 0.481 e. The molecule has 166 valence electrons. The fourth-order valence-electron chi connectivity index (χ4n) is 2.09. The predicted octanol–water partition coefficient (Wildman–Crippen LogP) is -2.52. The van der Waals surface area contributed by atoms with E-state index in [1.807, 2.05) is 6.26 Å². The SMILES string of the molecule is CSCCC(N)C(=O)NC(C(=O)NCC(=O)NC(CCC(=O)O)C(=O)O)C(C)O. The number of aliphatic hydroxyl groups excluding tert-OH is 1. The number of carboxylic acids is 2. The maximum Gasteiger partial charge on any atom is 0.326 e. The molecule has 0 aromatic rings. The van der Waals surface area contributed by atoms with Crippen LogP contribution < -0.4 is 21.7 Å². The molecule has 0 fully saturated rings. The molecular weight excluding hydrogens is 408 g/mol. The second-order valence-electron chi connectivity index (χ2n) is 6.22. The minimum Gasteiger partial charge on any atom is -0.481 e. The molecule has 0 aliphatic carbocycles. The lowest BCUT2D eigenvalue weighted by molar-refractivity contribution is -0.143. The van der Waals surface area contributed by atoms with E-state index >= 15 is 0 Å². The van der Waals surface area contributed by atoms with Gasteiger partial charge in [0.2, 0.25) is 17.7 Å². The first kappa shape index (κ1) is 26.6. The quantitative estimate of drug-likeness (QED) is 0.152. The smallest absolute Gasteiger partial charge is 0.326 e. The average molecular weight is 436 g/mol. The van der Waals surface area contributed by atoms with Gasteiger partial charge in [0.05, 0.1) is 18.7 Å². The van der Waals surface area contributed by atoms with Crippen LogP contribution in [0.1, 0.15) is 26.2 Å². The molecule has 4 atom stereocenters. The van der Waals surface area contributed by atoms with Crippen LogP contribution in [0.2, 0.25) is 0 Å². The molecule has 0 radical (unpaired) electrons. The number of hydrogen-bond acceptors (Lipinski definition) is 8. The first-order chi connectivity index (χ1) is 13.5. The molecule has 0 aliphatic rings. The molecule has 0 aliphatic heterocycles. The lowest BCUT2D eigenvalue weighted by Crippen LogP contribution is -2.57. The average Bonchev–Trinajstić information content (AvgIpc) is 2.64. The Kier molecular flexibility index (Phi) is 12.6. The number of carbonyl (C=O) groups excluding carboxylic acids is 3. The molecular formula is C16H28N4O8S. The van der Waals surface area contributed by atoms with Crippen LogP contribution in [0.15, 0.2) is 0 Å². The predicted molar refractivity (Wildman–Crippen MR) is 104 cm³/mol. The van der Waals surface area contributed by atoms with Crippen LogP contribution in [0.4, 0.5) is 0 Å². The van der Waals surface area contributed by atoms with Crippen molar-refractivity contribution in [1.82, 2.24) is 16.0 Å². The van der Waals surface area contributed by atoms with Crippen molar-refractivity contribution in [2.24, 2.45) is 5.73 Å². The standard InChI is InChI=1S/C16H28N4O8S/c1-8(21)13(20-14(25)9(17)5-6-29-2)15(26)18-7-11(22)19-10(16(27)28)3-4-12(23)24/h8-10,13,21H,3-7,17H2,1-2H3,(H,18,26)(H,19,22)(H,20,25)(H,23,24)(H,27,28). The lowest BCUT2D eigenvalue weighted by atomic mass is 10.1. The van der Waals surface area contributed by atoms with Crippen LogP contribution in [-0.4, -0.2) is 87.8 Å². The lowest BCUT2D eigenvalue weighted by Gasteiger charge is -2.23. The van der Waals surface area contributed by atoms with Crippen molar-refractivity contribution < 1.29 is 39.3 Å². The van der Waals surface area contributed by atoms with Gasteiger partial charge in [-0.25, -0.2) is 4.79 Å². The highest BCUT2D eigenvalue weighted by Gasteiger charge is 2.28. The number of hydrogen-bond donors (Lipinski definition) is 7. The van der Waals surface area contributed by atoms with Gasteiger partial charge < -0.3 is 37.0 Å². The second-order valence-corrected chi connectivity index (χ2v) is 7.21. The van der Waals surface area contributed by atoms with Gasteiger partial charge >= 0.3 is 11.9 Å². The molecule has 0 spiro atoms. The van der Waals surface area contributed by atoms with Crippen molar-refractivity contribution in [2.75, 3.05) is 18.6 Å². The summed E-state index contributed by atoms with van der Waals surface area (Å²) >= 11 is 1.49. The molecule has 0 saturated carbocycles. The second kappa shape index (κ2) is 13.7. The van der Waals surface area contributed by atoms with Crippen LogP contribution >= 0.6 is 11.8 Å². The minimum absolute atomic E-state index is 0.329. The number of carboxylic acid groups (broad SMARTS) is 2. The van der Waals surface area contributed by atoms with Gasteiger partial charge in [-0.1, -0.05) is 0 Å². The van der Waals surface area contributed by atoms with Gasteiger partial charge in [0, 0.05) is 6.42 Å². The van der Waals surface area contributed by atoms with E-state index in [4.69, 9.17) is 15.9 Å². The van der Waals surface area contributed by atoms with Crippen LogP contribution in [0.3, 0.4) is 0 Å². The molecule has 8 N–H and O–H groups in total. The van der Waals surface area contributed by atoms with Crippen LogP contribution in [0, 0.1) is 0 Å². The van der Waals surface area contributed by atoms with Gasteiger partial charge in [0.1, 0.15) is 12.1 Å². The molecule has 0 aromatic carbocycles. The Hall–Kier alpha value is -2.38. The van der Waals surface area contributed by atoms with Crippen molar-refractivity contribution >= 4 is 41.4 Å². The highest BCUT2D eigenvalue weighted by molar-refractivity contribution is 7.98. The molecule has 0 rings (SSSR count). The van der Waals surface area contributed by atoms with Crippen molar-refractivity contribution in [3.05, 3.63) is 0 Å². The Morgan fingerprint density at radius 3 is 2.14 bits per heavy atom. The maximum absolute atomic E-state index is 12.2. The summed E-state index contributed by atoms with van der Waals surface area (Å²) < 4.78 is 0. The van der Waals surface area contributed by atoms with E-state index in [9.17, 15) is 29.1 Å². The molecule has 0 aromatic heterocycles. The summed E-state index contributed by atoms with van der Waals surface area (Å²) in [6.07, 6.45) is 0.146. The van der Waals surface area contributed by atoms with Gasteiger partial charge in [-0.2, -0.15) is 11.8 Å². The molecule has 3 amide bonds. The zero-order valence-corrected chi connectivity index (χ0v) is 17.0. The fourth-order valence-corrected chi connectivity index (χ4v) is 2.58. The molecule has 13 heteroatoms. The van der Waals surface area contributed by atoms with Crippen molar-refractivity contribution in [2.45, 2.75) is 50.4 Å². The van der Waals surface area contributed by atoms with E-state index in [0.717, 1.165) is 0 Å². The van der Waals surface area contributed by atoms with Gasteiger partial charge in [-0.15, -0.1) is 0 Å². The number of aliphatic hydroxyl groups is 1. The Bertz CT molecular complexity index is 601. The van der Waals surface area contributed by atoms with Gasteiger partial charge in [0.15, 0.2) is 0 Å². The summed E-state index contributed by atoms with van der Waals surface area (Å²) in [5.41, 5.74) is 5.71. The summed E-state index contributed by atoms with van der Waals surface area (Å²) in [6, 6.07) is -3.67. The molecule has 0 saturated heterocycles. The Labute approximate surface area is 172 Å².